The molecule has 0 aliphatic heterocycles. The van der Waals surface area contributed by atoms with Crippen molar-refractivity contribution in [2.24, 2.45) is 11.3 Å². The van der Waals surface area contributed by atoms with Crippen molar-refractivity contribution >= 4 is 0 Å². The molecule has 1 aromatic carbocycles. The summed E-state index contributed by atoms with van der Waals surface area (Å²) in [7, 11) is 0. The van der Waals surface area contributed by atoms with E-state index in [9.17, 15) is 5.26 Å². The summed E-state index contributed by atoms with van der Waals surface area (Å²) in [6.45, 7) is 16.7. The lowest BCUT2D eigenvalue weighted by Crippen LogP contribution is -2.18. The smallest absolute Gasteiger partial charge is 0.0805 e. The molecule has 2 aromatic rings. The van der Waals surface area contributed by atoms with Crippen molar-refractivity contribution in [3.8, 4) is 6.07 Å². The maximum atomic E-state index is 10.0. The Labute approximate surface area is 216 Å². The molecule has 1 aromatic heterocycles. The molecule has 4 rings (SSSR count). The molecule has 1 fully saturated rings. The Morgan fingerprint density at radius 1 is 1.14 bits per heavy atom. The summed E-state index contributed by atoms with van der Waals surface area (Å²) >= 11 is 0. The van der Waals surface area contributed by atoms with Crippen LogP contribution < -0.4 is 0 Å². The average molecular weight is 479 g/mol. The van der Waals surface area contributed by atoms with Crippen LogP contribution in [0.25, 0.3) is 0 Å². The van der Waals surface area contributed by atoms with Crippen molar-refractivity contribution in [2.75, 3.05) is 0 Å². The summed E-state index contributed by atoms with van der Waals surface area (Å²) in [4.78, 5) is 4.86. The van der Waals surface area contributed by atoms with E-state index in [1.807, 2.05) is 6.20 Å². The lowest BCUT2D eigenvalue weighted by Gasteiger charge is -2.31. The van der Waals surface area contributed by atoms with E-state index in [-0.39, 0.29) is 19.4 Å². The predicted octanol–water partition coefficient (Wildman–Crippen LogP) is 8.71. The largest absolute Gasteiger partial charge is 0.394 e. The van der Waals surface area contributed by atoms with Gasteiger partial charge in [0.2, 0.25) is 0 Å². The van der Waals surface area contributed by atoms with Crippen LogP contribution in [0.15, 0.2) is 36.5 Å². The van der Waals surface area contributed by atoms with E-state index in [1.54, 1.807) is 13.8 Å². The number of aliphatic hydroxyl groups excluding tert-OH is 1. The summed E-state index contributed by atoms with van der Waals surface area (Å²) in [5.41, 5.74) is 6.75. The third-order valence-corrected chi connectivity index (χ3v) is 7.37. The topological polar surface area (TPSA) is 56.9 Å². The fourth-order valence-corrected chi connectivity index (χ4v) is 4.60. The van der Waals surface area contributed by atoms with Crippen LogP contribution in [0, 0.1) is 29.6 Å². The number of hydrogen-bond donors (Lipinski definition) is 1. The average Bonchev–Trinajstić information content (AvgIpc) is 3.08. The standard InChI is InChI=1S/C23H26N2.C6H14.C3H8O.H2/c1-3-16-11-19-21(13-24)22(18-9-7-15(2)8-10-18)20(23(19)25-14-16)12-17-5-4-6-17;1-5-6(2,3)4;1-3(2)4;/h7-11,14,17,20-22H,3-6,12H2,1-2H3;5H2,1-4H3;3-4H,1-2H3;1H. The van der Waals surface area contributed by atoms with Crippen LogP contribution in [-0.2, 0) is 6.42 Å². The van der Waals surface area contributed by atoms with Gasteiger partial charge in [-0.05, 0) is 61.6 Å². The number of aromatic nitrogens is 1. The Hall–Kier alpha value is -2.18. The number of nitriles is 1. The van der Waals surface area contributed by atoms with Gasteiger partial charge in [0.05, 0.1) is 12.0 Å². The molecule has 194 valence electrons. The normalized spacial score (nSPS) is 21.1. The highest BCUT2D eigenvalue weighted by Crippen LogP contribution is 2.55. The SMILES string of the molecule is CC(C)O.CCC(C)(C)C.CCc1cnc2c(c1)C(C#N)C(c1ccc(C)cc1)C2CC1CCC1.[HH]. The fourth-order valence-electron chi connectivity index (χ4n) is 4.60. The van der Waals surface area contributed by atoms with Gasteiger partial charge < -0.3 is 5.11 Å². The predicted molar refractivity (Wildman–Crippen MR) is 150 cm³/mol. The van der Waals surface area contributed by atoms with Gasteiger partial charge in [-0.15, -0.1) is 0 Å². The Bertz CT molecular complexity index is 949. The molecule has 0 bridgehead atoms. The number of rotatable bonds is 4. The van der Waals surface area contributed by atoms with Crippen LogP contribution in [0.5, 0.6) is 0 Å². The van der Waals surface area contributed by atoms with Crippen molar-refractivity contribution in [3.63, 3.8) is 0 Å². The first kappa shape index (κ1) is 29.1. The number of aliphatic hydroxyl groups is 1. The molecule has 0 saturated heterocycles. The number of aryl methyl sites for hydroxylation is 2. The van der Waals surface area contributed by atoms with Crippen molar-refractivity contribution in [3.05, 3.63) is 64.5 Å². The molecule has 1 N–H and O–H groups in total. The maximum Gasteiger partial charge on any atom is 0.0805 e. The van der Waals surface area contributed by atoms with Gasteiger partial charge in [-0.2, -0.15) is 5.26 Å². The Morgan fingerprint density at radius 2 is 1.71 bits per heavy atom. The Balaban J connectivity index is 0.000000505. The molecule has 3 atom stereocenters. The zero-order valence-electron chi connectivity index (χ0n) is 23.4. The summed E-state index contributed by atoms with van der Waals surface area (Å²) in [6.07, 6.45) is 9.34. The van der Waals surface area contributed by atoms with E-state index in [0.29, 0.717) is 11.3 Å². The maximum absolute atomic E-state index is 10.0. The zero-order chi connectivity index (χ0) is 26.2. The summed E-state index contributed by atoms with van der Waals surface area (Å²) in [5.74, 6) is 1.39. The van der Waals surface area contributed by atoms with Crippen LogP contribution in [0.4, 0.5) is 0 Å². The van der Waals surface area contributed by atoms with E-state index in [1.165, 1.54) is 60.1 Å². The molecule has 1 saturated carbocycles. The lowest BCUT2D eigenvalue weighted by molar-refractivity contribution is 0.216. The third kappa shape index (κ3) is 8.46. The van der Waals surface area contributed by atoms with E-state index in [2.05, 4.69) is 77.9 Å². The molecule has 0 radical (unpaired) electrons. The van der Waals surface area contributed by atoms with Crippen LogP contribution in [-0.4, -0.2) is 16.2 Å². The number of hydrogen-bond acceptors (Lipinski definition) is 3. The van der Waals surface area contributed by atoms with E-state index in [4.69, 9.17) is 10.1 Å². The molecular formula is C32H50N2O. The number of nitrogens with zero attached hydrogens (tertiary/aromatic N) is 2. The van der Waals surface area contributed by atoms with Crippen molar-refractivity contribution in [1.82, 2.24) is 4.98 Å². The Morgan fingerprint density at radius 3 is 2.14 bits per heavy atom. The second-order valence-corrected chi connectivity index (χ2v) is 11.9. The minimum Gasteiger partial charge on any atom is -0.394 e. The monoisotopic (exact) mass is 478 g/mol. The fraction of sp³-hybridized carbons (Fsp3) is 0.625. The van der Waals surface area contributed by atoms with Gasteiger partial charge in [-0.3, -0.25) is 4.98 Å². The van der Waals surface area contributed by atoms with Gasteiger partial charge in [-0.25, -0.2) is 0 Å². The van der Waals surface area contributed by atoms with Crippen LogP contribution in [0.3, 0.4) is 0 Å². The highest BCUT2D eigenvalue weighted by atomic mass is 16.3. The van der Waals surface area contributed by atoms with Crippen molar-refractivity contribution < 1.29 is 6.53 Å². The van der Waals surface area contributed by atoms with Crippen molar-refractivity contribution in [1.29, 1.82) is 5.26 Å². The van der Waals surface area contributed by atoms with Gasteiger partial charge in [0.1, 0.15) is 0 Å². The van der Waals surface area contributed by atoms with Crippen LogP contribution in [0.1, 0.15) is 128 Å². The molecule has 3 nitrogen and oxygen atoms in total. The van der Waals surface area contributed by atoms with Gasteiger partial charge in [0, 0.05) is 31.3 Å². The second kappa shape index (κ2) is 13.2. The Kier molecular flexibility index (Phi) is 11.0. The number of pyridine rings is 1. The quantitative estimate of drug-likeness (QED) is 0.478. The molecule has 35 heavy (non-hydrogen) atoms. The van der Waals surface area contributed by atoms with E-state index >= 15 is 0 Å². The van der Waals surface area contributed by atoms with Gasteiger partial charge >= 0.3 is 0 Å². The molecule has 0 amide bonds. The molecule has 3 unspecified atom stereocenters. The van der Waals surface area contributed by atoms with Gasteiger partial charge in [0.15, 0.2) is 0 Å². The number of benzene rings is 1. The second-order valence-electron chi connectivity index (χ2n) is 11.9. The first-order valence-corrected chi connectivity index (χ1v) is 13.6. The van der Waals surface area contributed by atoms with Gasteiger partial charge in [0.25, 0.3) is 0 Å². The van der Waals surface area contributed by atoms with Gasteiger partial charge in [-0.1, -0.05) is 96.2 Å². The van der Waals surface area contributed by atoms with Crippen molar-refractivity contribution in [2.45, 2.75) is 118 Å². The summed E-state index contributed by atoms with van der Waals surface area (Å²) in [6, 6.07) is 13.7. The van der Waals surface area contributed by atoms with E-state index < -0.39 is 0 Å². The molecule has 3 heteroatoms. The molecule has 2 aliphatic rings. The first-order valence-electron chi connectivity index (χ1n) is 13.6. The highest BCUT2D eigenvalue weighted by molar-refractivity contribution is 5.47. The van der Waals surface area contributed by atoms with E-state index in [0.717, 1.165) is 12.3 Å². The molecule has 2 aliphatic carbocycles. The minimum absolute atomic E-state index is 0. The number of fused-ring (bicyclic) bond motifs is 1. The zero-order valence-corrected chi connectivity index (χ0v) is 23.4. The highest BCUT2D eigenvalue weighted by Gasteiger charge is 2.44. The summed E-state index contributed by atoms with van der Waals surface area (Å²) < 4.78 is 0. The molecule has 1 heterocycles. The third-order valence-electron chi connectivity index (χ3n) is 7.37. The van der Waals surface area contributed by atoms with Crippen LogP contribution in [0.2, 0.25) is 0 Å². The lowest BCUT2D eigenvalue weighted by atomic mass is 9.73. The minimum atomic E-state index is -0.167. The van der Waals surface area contributed by atoms with Crippen LogP contribution >= 0.6 is 0 Å². The molecular weight excluding hydrogens is 428 g/mol. The summed E-state index contributed by atoms with van der Waals surface area (Å²) in [5, 5.41) is 18.1. The molecule has 0 spiro atoms. The first-order chi connectivity index (χ1) is 16.5.